The van der Waals surface area contributed by atoms with Crippen LogP contribution in [0, 0.1) is 26.9 Å². The molecule has 20 heavy (non-hydrogen) atoms. The second-order valence-electron chi connectivity index (χ2n) is 4.48. The van der Waals surface area contributed by atoms with Gasteiger partial charge in [0.25, 0.3) is 0 Å². The lowest BCUT2D eigenvalue weighted by atomic mass is 10.2. The van der Waals surface area contributed by atoms with Crippen molar-refractivity contribution in [3.8, 4) is 5.69 Å². The van der Waals surface area contributed by atoms with Gasteiger partial charge < -0.3 is 4.98 Å². The zero-order chi connectivity index (χ0) is 14.4. The molecule has 1 N–H and O–H groups in total. The summed E-state index contributed by atoms with van der Waals surface area (Å²) >= 11 is 7.23. The number of nitrogens with zero attached hydrogens (tertiary/aromatic N) is 1. The van der Waals surface area contributed by atoms with Crippen LogP contribution < -0.4 is 0 Å². The van der Waals surface area contributed by atoms with Gasteiger partial charge in [0.1, 0.15) is 11.6 Å². The van der Waals surface area contributed by atoms with Gasteiger partial charge in [-0.05, 0) is 71.6 Å². The molecule has 0 radical (unpaired) electrons. The van der Waals surface area contributed by atoms with Gasteiger partial charge in [0.2, 0.25) is 0 Å². The average molecular weight is 402 g/mol. The summed E-state index contributed by atoms with van der Waals surface area (Å²) in [5.41, 5.74) is 2.87. The van der Waals surface area contributed by atoms with Gasteiger partial charge in [0, 0.05) is 6.07 Å². The van der Waals surface area contributed by atoms with Crippen LogP contribution in [-0.2, 0) is 0 Å². The summed E-state index contributed by atoms with van der Waals surface area (Å²) in [5.74, 6) is -0.612. The van der Waals surface area contributed by atoms with E-state index in [1.807, 2.05) is 22.6 Å². The highest BCUT2D eigenvalue weighted by atomic mass is 127. The molecule has 6 heteroatoms. The maximum absolute atomic E-state index is 13.8. The van der Waals surface area contributed by atoms with Crippen molar-refractivity contribution in [1.82, 2.24) is 9.55 Å². The van der Waals surface area contributed by atoms with Crippen LogP contribution in [0.25, 0.3) is 16.7 Å². The molecule has 0 bridgehead atoms. The molecule has 3 rings (SSSR count). The van der Waals surface area contributed by atoms with Crippen molar-refractivity contribution < 1.29 is 8.78 Å². The van der Waals surface area contributed by atoms with Crippen molar-refractivity contribution in [2.24, 2.45) is 0 Å². The zero-order valence-electron chi connectivity index (χ0n) is 10.4. The van der Waals surface area contributed by atoms with E-state index >= 15 is 0 Å². The highest BCUT2D eigenvalue weighted by molar-refractivity contribution is 14.1. The Kier molecular flexibility index (Phi) is 3.37. The molecule has 1 heterocycles. The van der Waals surface area contributed by atoms with E-state index in [2.05, 4.69) is 4.98 Å². The van der Waals surface area contributed by atoms with Gasteiger partial charge in [0.15, 0.2) is 4.77 Å². The Balaban J connectivity index is 2.39. The molecule has 2 nitrogen and oxygen atoms in total. The molecular formula is C14H9F2IN2S. The van der Waals surface area contributed by atoms with Crippen LogP contribution in [0.4, 0.5) is 8.78 Å². The highest BCUT2D eigenvalue weighted by Crippen LogP contribution is 2.25. The van der Waals surface area contributed by atoms with Crippen LogP contribution in [0.3, 0.4) is 0 Å². The van der Waals surface area contributed by atoms with E-state index in [1.165, 1.54) is 18.2 Å². The largest absolute Gasteiger partial charge is 0.330 e. The van der Waals surface area contributed by atoms with Gasteiger partial charge in [-0.15, -0.1) is 0 Å². The molecule has 0 amide bonds. The fourth-order valence-corrected chi connectivity index (χ4v) is 2.98. The molecule has 0 spiro atoms. The minimum atomic E-state index is -0.307. The molecule has 0 aliphatic rings. The first-order valence-electron chi connectivity index (χ1n) is 5.83. The van der Waals surface area contributed by atoms with Crippen molar-refractivity contribution in [3.63, 3.8) is 0 Å². The summed E-state index contributed by atoms with van der Waals surface area (Å²) in [7, 11) is 0. The van der Waals surface area contributed by atoms with Crippen LogP contribution in [0.1, 0.15) is 5.56 Å². The van der Waals surface area contributed by atoms with Gasteiger partial charge in [-0.3, -0.25) is 4.57 Å². The monoisotopic (exact) mass is 402 g/mol. The Morgan fingerprint density at radius 1 is 1.20 bits per heavy atom. The smallest absolute Gasteiger partial charge is 0.182 e. The molecule has 0 fully saturated rings. The number of aromatic amines is 1. The Labute approximate surface area is 132 Å². The molecule has 0 saturated heterocycles. The molecule has 0 aliphatic heterocycles. The van der Waals surface area contributed by atoms with Crippen molar-refractivity contribution >= 4 is 45.8 Å². The summed E-state index contributed by atoms with van der Waals surface area (Å²) in [6.45, 7) is 1.79. The van der Waals surface area contributed by atoms with Gasteiger partial charge >= 0.3 is 0 Å². The predicted octanol–water partition coefficient (Wildman–Crippen LogP) is 4.88. The Morgan fingerprint density at radius 3 is 2.65 bits per heavy atom. The Hall–Kier alpha value is -1.28. The van der Waals surface area contributed by atoms with Gasteiger partial charge in [0.05, 0.1) is 20.3 Å². The standard InChI is InChI=1S/C14H9F2IN2S/c1-7-4-8(15)2-3-12(7)19-13-5-9(16)10(17)6-11(13)18-14(19)20/h2-6H,1H3,(H,18,20). The van der Waals surface area contributed by atoms with Crippen LogP contribution in [0.15, 0.2) is 30.3 Å². The average Bonchev–Trinajstić information content (AvgIpc) is 2.66. The number of nitrogens with one attached hydrogen (secondary N) is 1. The maximum atomic E-state index is 13.8. The quantitative estimate of drug-likeness (QED) is 0.455. The molecule has 1 aromatic heterocycles. The molecule has 0 atom stereocenters. The van der Waals surface area contributed by atoms with E-state index in [-0.39, 0.29) is 11.6 Å². The van der Waals surface area contributed by atoms with Crippen molar-refractivity contribution in [2.45, 2.75) is 6.92 Å². The third-order valence-electron chi connectivity index (χ3n) is 3.12. The van der Waals surface area contributed by atoms with Gasteiger partial charge in [-0.2, -0.15) is 0 Å². The lowest BCUT2D eigenvalue weighted by Gasteiger charge is -2.08. The Bertz CT molecular complexity index is 883. The third-order valence-corrected chi connectivity index (χ3v) is 4.24. The summed E-state index contributed by atoms with van der Waals surface area (Å²) in [5, 5.41) is 0. The lowest BCUT2D eigenvalue weighted by molar-refractivity contribution is 0.621. The van der Waals surface area contributed by atoms with Crippen LogP contribution in [0.5, 0.6) is 0 Å². The molecule has 3 aromatic rings. The number of benzene rings is 2. The normalized spacial score (nSPS) is 11.2. The fraction of sp³-hybridized carbons (Fsp3) is 0.0714. The summed E-state index contributed by atoms with van der Waals surface area (Å²) in [4.78, 5) is 3.05. The number of fused-ring (bicyclic) bond motifs is 1. The molecule has 0 unspecified atom stereocenters. The third kappa shape index (κ3) is 2.16. The number of H-pyrrole nitrogens is 1. The number of aromatic nitrogens is 2. The van der Waals surface area contributed by atoms with E-state index < -0.39 is 0 Å². The first-order chi connectivity index (χ1) is 9.47. The number of halogens is 3. The van der Waals surface area contributed by atoms with Crippen LogP contribution in [-0.4, -0.2) is 9.55 Å². The van der Waals surface area contributed by atoms with E-state index in [1.54, 1.807) is 23.6 Å². The van der Waals surface area contributed by atoms with Crippen molar-refractivity contribution in [3.05, 3.63) is 55.9 Å². The van der Waals surface area contributed by atoms with Crippen molar-refractivity contribution in [1.29, 1.82) is 0 Å². The molecular weight excluding hydrogens is 393 g/mol. The van der Waals surface area contributed by atoms with Gasteiger partial charge in [-0.1, -0.05) is 0 Å². The summed E-state index contributed by atoms with van der Waals surface area (Å²) < 4.78 is 29.7. The van der Waals surface area contributed by atoms with E-state index in [0.29, 0.717) is 13.9 Å². The number of imidazole rings is 1. The predicted molar refractivity (Wildman–Crippen MR) is 85.8 cm³/mol. The van der Waals surface area contributed by atoms with Crippen LogP contribution in [0.2, 0.25) is 0 Å². The second-order valence-corrected chi connectivity index (χ2v) is 6.03. The summed E-state index contributed by atoms with van der Waals surface area (Å²) in [6.07, 6.45) is 0. The number of rotatable bonds is 1. The topological polar surface area (TPSA) is 20.7 Å². The molecule has 2 aromatic carbocycles. The molecule has 0 aliphatic carbocycles. The van der Waals surface area contributed by atoms with E-state index in [4.69, 9.17) is 12.2 Å². The fourth-order valence-electron chi connectivity index (χ4n) is 2.21. The van der Waals surface area contributed by atoms with E-state index in [0.717, 1.165) is 16.8 Å². The molecule has 0 saturated carbocycles. The first-order valence-corrected chi connectivity index (χ1v) is 7.32. The summed E-state index contributed by atoms with van der Waals surface area (Å²) in [6, 6.07) is 7.58. The maximum Gasteiger partial charge on any atom is 0.182 e. The lowest BCUT2D eigenvalue weighted by Crippen LogP contribution is -1.98. The number of hydrogen-bond acceptors (Lipinski definition) is 1. The minimum Gasteiger partial charge on any atom is -0.330 e. The second kappa shape index (κ2) is 4.92. The van der Waals surface area contributed by atoms with Crippen molar-refractivity contribution in [2.75, 3.05) is 0 Å². The number of hydrogen-bond donors (Lipinski definition) is 1. The SMILES string of the molecule is Cc1cc(F)ccc1-n1c(=S)[nH]c2cc(I)c(F)cc21. The minimum absolute atomic E-state index is 0.305. The molecule has 102 valence electrons. The van der Waals surface area contributed by atoms with Gasteiger partial charge in [-0.25, -0.2) is 8.78 Å². The van der Waals surface area contributed by atoms with Crippen LogP contribution >= 0.6 is 34.8 Å². The first kappa shape index (κ1) is 13.7. The highest BCUT2D eigenvalue weighted by Gasteiger charge is 2.12. The zero-order valence-corrected chi connectivity index (χ0v) is 13.4. The number of aryl methyl sites for hydroxylation is 1. The van der Waals surface area contributed by atoms with E-state index in [9.17, 15) is 8.78 Å². The Morgan fingerprint density at radius 2 is 1.95 bits per heavy atom.